The molecule has 0 aromatic heterocycles. The van der Waals surface area contributed by atoms with Crippen molar-refractivity contribution in [3.05, 3.63) is 35.6 Å². The van der Waals surface area contributed by atoms with Gasteiger partial charge in [-0.2, -0.15) is 0 Å². The molecule has 0 spiro atoms. The molecule has 0 bridgehead atoms. The number of benzene rings is 1. The quantitative estimate of drug-likeness (QED) is 0.538. The standard InChI is InChI=1S/C13H18BrFO2/c1-2-7-16-8-9-17-13(10-14)11-3-5-12(15)6-4-11/h3-6,13H,2,7-10H2,1H3. The van der Waals surface area contributed by atoms with Crippen molar-refractivity contribution in [2.24, 2.45) is 0 Å². The van der Waals surface area contributed by atoms with Crippen LogP contribution in [0.25, 0.3) is 0 Å². The molecule has 96 valence electrons. The maximum absolute atomic E-state index is 12.8. The maximum Gasteiger partial charge on any atom is 0.123 e. The van der Waals surface area contributed by atoms with Gasteiger partial charge in [0.25, 0.3) is 0 Å². The predicted octanol–water partition coefficient (Wildman–Crippen LogP) is 3.70. The third-order valence-corrected chi connectivity index (χ3v) is 2.87. The lowest BCUT2D eigenvalue weighted by atomic mass is 10.1. The first-order chi connectivity index (χ1) is 8.27. The smallest absolute Gasteiger partial charge is 0.123 e. The van der Waals surface area contributed by atoms with Crippen LogP contribution < -0.4 is 0 Å². The molecular formula is C13H18BrFO2. The first-order valence-electron chi connectivity index (χ1n) is 5.78. The Kier molecular flexibility index (Phi) is 7.40. The average molecular weight is 305 g/mol. The van der Waals surface area contributed by atoms with Crippen LogP contribution in [0, 0.1) is 5.82 Å². The lowest BCUT2D eigenvalue weighted by molar-refractivity contribution is 0.0141. The van der Waals surface area contributed by atoms with Gasteiger partial charge in [-0.15, -0.1) is 0 Å². The van der Waals surface area contributed by atoms with Crippen LogP contribution in [0.1, 0.15) is 25.0 Å². The fraction of sp³-hybridized carbons (Fsp3) is 0.538. The SMILES string of the molecule is CCCOCCOC(CBr)c1ccc(F)cc1. The van der Waals surface area contributed by atoms with Gasteiger partial charge in [0.05, 0.1) is 19.3 Å². The van der Waals surface area contributed by atoms with Crippen LogP contribution in [0.4, 0.5) is 4.39 Å². The van der Waals surface area contributed by atoms with Gasteiger partial charge >= 0.3 is 0 Å². The third-order valence-electron chi connectivity index (χ3n) is 2.28. The highest BCUT2D eigenvalue weighted by Crippen LogP contribution is 2.19. The van der Waals surface area contributed by atoms with Crippen molar-refractivity contribution >= 4 is 15.9 Å². The molecule has 0 aliphatic rings. The summed E-state index contributed by atoms with van der Waals surface area (Å²) in [7, 11) is 0. The van der Waals surface area contributed by atoms with E-state index >= 15 is 0 Å². The summed E-state index contributed by atoms with van der Waals surface area (Å²) in [5, 5.41) is 0.687. The number of halogens is 2. The second-order valence-electron chi connectivity index (χ2n) is 3.68. The molecule has 0 saturated heterocycles. The molecule has 1 aromatic carbocycles. The van der Waals surface area contributed by atoms with Gasteiger partial charge in [-0.25, -0.2) is 4.39 Å². The van der Waals surface area contributed by atoms with Crippen LogP contribution in [0.3, 0.4) is 0 Å². The number of alkyl halides is 1. The molecule has 0 amide bonds. The van der Waals surface area contributed by atoms with Crippen LogP contribution >= 0.6 is 15.9 Å². The van der Waals surface area contributed by atoms with E-state index in [9.17, 15) is 4.39 Å². The van der Waals surface area contributed by atoms with E-state index in [4.69, 9.17) is 9.47 Å². The molecule has 0 radical (unpaired) electrons. The summed E-state index contributed by atoms with van der Waals surface area (Å²) in [4.78, 5) is 0. The molecule has 0 aliphatic heterocycles. The Morgan fingerprint density at radius 3 is 2.47 bits per heavy atom. The second kappa shape index (κ2) is 8.61. The highest BCUT2D eigenvalue weighted by molar-refractivity contribution is 9.09. The van der Waals surface area contributed by atoms with Crippen LogP contribution in [0.15, 0.2) is 24.3 Å². The van der Waals surface area contributed by atoms with Crippen LogP contribution in [-0.4, -0.2) is 25.2 Å². The highest BCUT2D eigenvalue weighted by atomic mass is 79.9. The van der Waals surface area contributed by atoms with E-state index in [2.05, 4.69) is 22.9 Å². The summed E-state index contributed by atoms with van der Waals surface area (Å²) in [5.74, 6) is -0.228. The molecule has 0 saturated carbocycles. The highest BCUT2D eigenvalue weighted by Gasteiger charge is 2.10. The van der Waals surface area contributed by atoms with Crippen molar-refractivity contribution in [1.82, 2.24) is 0 Å². The van der Waals surface area contributed by atoms with E-state index in [1.807, 2.05) is 0 Å². The summed E-state index contributed by atoms with van der Waals surface area (Å²) in [5.41, 5.74) is 0.971. The summed E-state index contributed by atoms with van der Waals surface area (Å²) in [6.45, 7) is 3.98. The van der Waals surface area contributed by atoms with Gasteiger partial charge in [0.1, 0.15) is 5.82 Å². The first-order valence-corrected chi connectivity index (χ1v) is 6.90. The van der Waals surface area contributed by atoms with Crippen LogP contribution in [0.5, 0.6) is 0 Å². The van der Waals surface area contributed by atoms with E-state index in [1.54, 1.807) is 12.1 Å². The number of hydrogen-bond donors (Lipinski definition) is 0. The van der Waals surface area contributed by atoms with E-state index in [0.29, 0.717) is 18.5 Å². The minimum atomic E-state index is -0.228. The van der Waals surface area contributed by atoms with Gasteiger partial charge in [-0.3, -0.25) is 0 Å². The molecule has 1 aromatic rings. The number of hydrogen-bond acceptors (Lipinski definition) is 2. The topological polar surface area (TPSA) is 18.5 Å². The molecule has 0 aliphatic carbocycles. The average Bonchev–Trinajstić information content (AvgIpc) is 2.35. The van der Waals surface area contributed by atoms with Crippen molar-refractivity contribution < 1.29 is 13.9 Å². The zero-order valence-corrected chi connectivity index (χ0v) is 11.6. The Bertz CT molecular complexity index is 303. The molecule has 4 heteroatoms. The summed E-state index contributed by atoms with van der Waals surface area (Å²) in [6, 6.07) is 6.38. The molecule has 1 atom stereocenters. The Morgan fingerprint density at radius 1 is 1.18 bits per heavy atom. The van der Waals surface area contributed by atoms with Gasteiger partial charge in [0.15, 0.2) is 0 Å². The van der Waals surface area contributed by atoms with E-state index in [-0.39, 0.29) is 11.9 Å². The van der Waals surface area contributed by atoms with E-state index in [0.717, 1.165) is 18.6 Å². The minimum absolute atomic E-state index is 0.0548. The maximum atomic E-state index is 12.8. The normalized spacial score (nSPS) is 12.6. The first kappa shape index (κ1) is 14.6. The fourth-order valence-electron chi connectivity index (χ4n) is 1.40. The van der Waals surface area contributed by atoms with Crippen molar-refractivity contribution in [3.63, 3.8) is 0 Å². The van der Waals surface area contributed by atoms with Crippen molar-refractivity contribution in [2.75, 3.05) is 25.2 Å². The monoisotopic (exact) mass is 304 g/mol. The van der Waals surface area contributed by atoms with E-state index in [1.165, 1.54) is 12.1 Å². The van der Waals surface area contributed by atoms with Crippen molar-refractivity contribution in [2.45, 2.75) is 19.4 Å². The van der Waals surface area contributed by atoms with Gasteiger partial charge in [-0.05, 0) is 24.1 Å². The predicted molar refractivity (Wildman–Crippen MR) is 70.0 cm³/mol. The van der Waals surface area contributed by atoms with Crippen LogP contribution in [0.2, 0.25) is 0 Å². The largest absolute Gasteiger partial charge is 0.379 e. The molecule has 17 heavy (non-hydrogen) atoms. The van der Waals surface area contributed by atoms with Crippen LogP contribution in [-0.2, 0) is 9.47 Å². The fourth-order valence-corrected chi connectivity index (χ4v) is 1.96. The summed E-state index contributed by atoms with van der Waals surface area (Å²) < 4.78 is 23.8. The molecular weight excluding hydrogens is 287 g/mol. The van der Waals surface area contributed by atoms with Gasteiger partial charge in [-0.1, -0.05) is 35.0 Å². The minimum Gasteiger partial charge on any atom is -0.379 e. The molecule has 0 heterocycles. The Labute approximate surface area is 110 Å². The lowest BCUT2D eigenvalue weighted by Gasteiger charge is -2.15. The number of ether oxygens (including phenoxy) is 2. The molecule has 1 rings (SSSR count). The van der Waals surface area contributed by atoms with Gasteiger partial charge < -0.3 is 9.47 Å². The Balaban J connectivity index is 2.35. The second-order valence-corrected chi connectivity index (χ2v) is 4.33. The molecule has 2 nitrogen and oxygen atoms in total. The van der Waals surface area contributed by atoms with Crippen molar-refractivity contribution in [1.29, 1.82) is 0 Å². The van der Waals surface area contributed by atoms with Gasteiger partial charge in [0, 0.05) is 11.9 Å². The third kappa shape index (κ3) is 5.61. The van der Waals surface area contributed by atoms with Crippen molar-refractivity contribution in [3.8, 4) is 0 Å². The van der Waals surface area contributed by atoms with E-state index < -0.39 is 0 Å². The Morgan fingerprint density at radius 2 is 1.88 bits per heavy atom. The summed E-state index contributed by atoms with van der Waals surface area (Å²) in [6.07, 6.45) is 0.959. The zero-order chi connectivity index (χ0) is 12.5. The number of rotatable bonds is 8. The molecule has 0 N–H and O–H groups in total. The Hall–Kier alpha value is -0.450. The lowest BCUT2D eigenvalue weighted by Crippen LogP contribution is -2.11. The molecule has 0 fully saturated rings. The van der Waals surface area contributed by atoms with Gasteiger partial charge in [0.2, 0.25) is 0 Å². The zero-order valence-electron chi connectivity index (χ0n) is 9.99. The summed E-state index contributed by atoms with van der Waals surface area (Å²) >= 11 is 3.39. The molecule has 1 unspecified atom stereocenters.